The van der Waals surface area contributed by atoms with Crippen LogP contribution in [0.2, 0.25) is 0 Å². The lowest BCUT2D eigenvalue weighted by Gasteiger charge is -2.20. The summed E-state index contributed by atoms with van der Waals surface area (Å²) in [6.45, 7) is 3.48. The standard InChI is InChI=1S/C14H21NOS/c1-2-15-14-12-7-4-3-6-11(12)10-13(14)17-9-5-8-16/h3-4,6-7,13-16H,2,5,8-10H2,1H3. The molecule has 0 aromatic heterocycles. The molecule has 1 aromatic carbocycles. The van der Waals surface area contributed by atoms with E-state index in [1.807, 2.05) is 11.8 Å². The van der Waals surface area contributed by atoms with E-state index in [0.29, 0.717) is 17.9 Å². The minimum Gasteiger partial charge on any atom is -0.396 e. The monoisotopic (exact) mass is 251 g/mol. The third kappa shape index (κ3) is 3.03. The molecule has 94 valence electrons. The summed E-state index contributed by atoms with van der Waals surface area (Å²) in [5.41, 5.74) is 2.95. The molecule has 3 heteroatoms. The van der Waals surface area contributed by atoms with Crippen LogP contribution in [-0.2, 0) is 6.42 Å². The van der Waals surface area contributed by atoms with Crippen LogP contribution in [0.4, 0.5) is 0 Å². The molecule has 1 aromatic rings. The Labute approximate surface area is 108 Å². The Morgan fingerprint density at radius 3 is 3.00 bits per heavy atom. The lowest BCUT2D eigenvalue weighted by Crippen LogP contribution is -2.27. The minimum absolute atomic E-state index is 0.304. The molecule has 0 amide bonds. The number of fused-ring (bicyclic) bond motifs is 1. The summed E-state index contributed by atoms with van der Waals surface area (Å²) in [5, 5.41) is 13.1. The first-order chi connectivity index (χ1) is 8.36. The van der Waals surface area contributed by atoms with Crippen molar-refractivity contribution in [2.45, 2.75) is 31.1 Å². The zero-order chi connectivity index (χ0) is 12.1. The zero-order valence-corrected chi connectivity index (χ0v) is 11.2. The van der Waals surface area contributed by atoms with Crippen LogP contribution in [0.3, 0.4) is 0 Å². The molecule has 1 aliphatic carbocycles. The van der Waals surface area contributed by atoms with Crippen molar-refractivity contribution in [2.75, 3.05) is 18.9 Å². The Morgan fingerprint density at radius 2 is 2.24 bits per heavy atom. The van der Waals surface area contributed by atoms with Crippen LogP contribution in [0, 0.1) is 0 Å². The van der Waals surface area contributed by atoms with Crippen molar-refractivity contribution in [1.82, 2.24) is 5.32 Å². The van der Waals surface area contributed by atoms with Gasteiger partial charge in [0.25, 0.3) is 0 Å². The highest BCUT2D eigenvalue weighted by atomic mass is 32.2. The van der Waals surface area contributed by atoms with E-state index in [1.165, 1.54) is 11.1 Å². The molecule has 2 rings (SSSR count). The number of thioether (sulfide) groups is 1. The van der Waals surface area contributed by atoms with Crippen molar-refractivity contribution >= 4 is 11.8 Å². The Morgan fingerprint density at radius 1 is 1.41 bits per heavy atom. The predicted octanol–water partition coefficient (Wildman–Crippen LogP) is 2.38. The summed E-state index contributed by atoms with van der Waals surface area (Å²) in [6.07, 6.45) is 2.06. The topological polar surface area (TPSA) is 32.3 Å². The molecule has 0 saturated heterocycles. The molecule has 0 radical (unpaired) electrons. The molecular formula is C14H21NOS. The van der Waals surface area contributed by atoms with Gasteiger partial charge in [-0.2, -0.15) is 11.8 Å². The number of aliphatic hydroxyl groups is 1. The number of rotatable bonds is 6. The van der Waals surface area contributed by atoms with Crippen LogP contribution in [0.5, 0.6) is 0 Å². The largest absolute Gasteiger partial charge is 0.396 e. The Balaban J connectivity index is 2.04. The smallest absolute Gasteiger partial charge is 0.0446 e. The molecule has 1 aliphatic rings. The van der Waals surface area contributed by atoms with Crippen LogP contribution < -0.4 is 5.32 Å². The summed E-state index contributed by atoms with van der Waals surface area (Å²) in [5.74, 6) is 1.05. The lowest BCUT2D eigenvalue weighted by atomic mass is 10.1. The number of hydrogen-bond donors (Lipinski definition) is 2. The summed E-state index contributed by atoms with van der Waals surface area (Å²) in [6, 6.07) is 9.23. The quantitative estimate of drug-likeness (QED) is 0.761. The van der Waals surface area contributed by atoms with Crippen molar-refractivity contribution in [1.29, 1.82) is 0 Å². The molecule has 0 fully saturated rings. The van der Waals surface area contributed by atoms with E-state index in [2.05, 4.69) is 36.5 Å². The third-order valence-electron chi connectivity index (χ3n) is 3.24. The Bertz CT molecular complexity index is 356. The summed E-state index contributed by atoms with van der Waals surface area (Å²) < 4.78 is 0. The first-order valence-electron chi connectivity index (χ1n) is 6.40. The van der Waals surface area contributed by atoms with E-state index in [9.17, 15) is 0 Å². The molecular weight excluding hydrogens is 230 g/mol. The van der Waals surface area contributed by atoms with Gasteiger partial charge >= 0.3 is 0 Å². The summed E-state index contributed by atoms with van der Waals surface area (Å²) in [7, 11) is 0. The molecule has 2 unspecified atom stereocenters. The first-order valence-corrected chi connectivity index (χ1v) is 7.45. The highest BCUT2D eigenvalue weighted by Crippen LogP contribution is 2.38. The van der Waals surface area contributed by atoms with Gasteiger partial charge in [-0.25, -0.2) is 0 Å². The molecule has 0 saturated carbocycles. The summed E-state index contributed by atoms with van der Waals surface area (Å²) >= 11 is 1.99. The molecule has 0 spiro atoms. The number of nitrogens with one attached hydrogen (secondary N) is 1. The average molecular weight is 251 g/mol. The van der Waals surface area contributed by atoms with Gasteiger partial charge in [0.05, 0.1) is 0 Å². The van der Waals surface area contributed by atoms with Gasteiger partial charge in [0.2, 0.25) is 0 Å². The van der Waals surface area contributed by atoms with E-state index >= 15 is 0 Å². The fourth-order valence-electron chi connectivity index (χ4n) is 2.47. The van der Waals surface area contributed by atoms with Crippen LogP contribution in [0.15, 0.2) is 24.3 Å². The van der Waals surface area contributed by atoms with Gasteiger partial charge in [-0.05, 0) is 36.3 Å². The molecule has 2 nitrogen and oxygen atoms in total. The van der Waals surface area contributed by atoms with Crippen molar-refractivity contribution in [3.63, 3.8) is 0 Å². The van der Waals surface area contributed by atoms with Crippen molar-refractivity contribution < 1.29 is 5.11 Å². The van der Waals surface area contributed by atoms with E-state index in [0.717, 1.165) is 25.1 Å². The van der Waals surface area contributed by atoms with E-state index in [-0.39, 0.29) is 0 Å². The maximum Gasteiger partial charge on any atom is 0.0446 e. The molecule has 2 N–H and O–H groups in total. The second-order valence-electron chi connectivity index (χ2n) is 4.42. The number of hydrogen-bond acceptors (Lipinski definition) is 3. The third-order valence-corrected chi connectivity index (χ3v) is 4.63. The number of benzene rings is 1. The summed E-state index contributed by atoms with van der Waals surface area (Å²) in [4.78, 5) is 0. The second-order valence-corrected chi connectivity index (χ2v) is 5.77. The second kappa shape index (κ2) is 6.43. The van der Waals surface area contributed by atoms with E-state index in [1.54, 1.807) is 0 Å². The van der Waals surface area contributed by atoms with Crippen molar-refractivity contribution in [2.24, 2.45) is 0 Å². The van der Waals surface area contributed by atoms with E-state index < -0.39 is 0 Å². The predicted molar refractivity (Wildman–Crippen MR) is 74.5 cm³/mol. The van der Waals surface area contributed by atoms with Gasteiger partial charge in [0, 0.05) is 17.9 Å². The highest BCUT2D eigenvalue weighted by molar-refractivity contribution is 7.99. The van der Waals surface area contributed by atoms with E-state index in [4.69, 9.17) is 5.11 Å². The van der Waals surface area contributed by atoms with Crippen LogP contribution in [0.1, 0.15) is 30.5 Å². The molecule has 2 atom stereocenters. The van der Waals surface area contributed by atoms with Crippen molar-refractivity contribution in [3.05, 3.63) is 35.4 Å². The SMILES string of the molecule is CCNC1c2ccccc2CC1SCCCO. The fourth-order valence-corrected chi connectivity index (χ4v) is 3.81. The van der Waals surface area contributed by atoms with Crippen LogP contribution >= 0.6 is 11.8 Å². The van der Waals surface area contributed by atoms with Gasteiger partial charge in [-0.1, -0.05) is 31.2 Å². The van der Waals surface area contributed by atoms with Crippen molar-refractivity contribution in [3.8, 4) is 0 Å². The van der Waals surface area contributed by atoms with Gasteiger partial charge < -0.3 is 10.4 Å². The van der Waals surface area contributed by atoms with Gasteiger partial charge in [0.1, 0.15) is 0 Å². The van der Waals surface area contributed by atoms with Crippen LogP contribution in [-0.4, -0.2) is 29.3 Å². The molecule has 0 bridgehead atoms. The highest BCUT2D eigenvalue weighted by Gasteiger charge is 2.31. The fraction of sp³-hybridized carbons (Fsp3) is 0.571. The molecule has 0 heterocycles. The van der Waals surface area contributed by atoms with Crippen LogP contribution in [0.25, 0.3) is 0 Å². The minimum atomic E-state index is 0.304. The van der Waals surface area contributed by atoms with Gasteiger partial charge in [-0.3, -0.25) is 0 Å². The lowest BCUT2D eigenvalue weighted by molar-refractivity contribution is 0.296. The normalized spacial score (nSPS) is 22.7. The maximum atomic E-state index is 8.85. The Hall–Kier alpha value is -0.510. The average Bonchev–Trinajstić information content (AvgIpc) is 2.69. The molecule has 0 aliphatic heterocycles. The Kier molecular flexibility index (Phi) is 4.89. The molecule has 17 heavy (non-hydrogen) atoms. The maximum absolute atomic E-state index is 8.85. The number of aliphatic hydroxyl groups excluding tert-OH is 1. The van der Waals surface area contributed by atoms with Gasteiger partial charge in [-0.15, -0.1) is 0 Å². The van der Waals surface area contributed by atoms with Gasteiger partial charge in [0.15, 0.2) is 0 Å². The first kappa shape index (κ1) is 12.9. The zero-order valence-electron chi connectivity index (χ0n) is 10.4.